The quantitative estimate of drug-likeness (QED) is 0.798. The number of hydrogen-bond donors (Lipinski definition) is 1. The zero-order valence-corrected chi connectivity index (χ0v) is 17.7. The number of nitrogens with one attached hydrogen (secondary N) is 1. The molecular formula is C19H28N6O3S. The van der Waals surface area contributed by atoms with Gasteiger partial charge in [0.25, 0.3) is 10.0 Å². The van der Waals surface area contributed by atoms with E-state index in [2.05, 4.69) is 15.4 Å². The van der Waals surface area contributed by atoms with Gasteiger partial charge in [-0.1, -0.05) is 12.8 Å². The first-order valence-electron chi connectivity index (χ1n) is 10.2. The van der Waals surface area contributed by atoms with Crippen LogP contribution in [0.1, 0.15) is 50.4 Å². The fourth-order valence-corrected chi connectivity index (χ4v) is 5.72. The number of carbonyl (C=O) groups excluding carboxylic acids is 1. The third-order valence-corrected chi connectivity index (χ3v) is 7.88. The number of amides is 1. The molecule has 158 valence electrons. The largest absolute Gasteiger partial charge is 0.337 e. The molecule has 1 aliphatic carbocycles. The second kappa shape index (κ2) is 7.91. The van der Waals surface area contributed by atoms with Crippen molar-refractivity contribution >= 4 is 21.7 Å². The summed E-state index contributed by atoms with van der Waals surface area (Å²) < 4.78 is 30.7. The molecule has 1 saturated heterocycles. The molecular weight excluding hydrogens is 392 g/mol. The minimum absolute atomic E-state index is 0.0597. The van der Waals surface area contributed by atoms with Gasteiger partial charge in [0.05, 0.1) is 12.2 Å². The van der Waals surface area contributed by atoms with Gasteiger partial charge in [-0.2, -0.15) is 9.40 Å². The highest BCUT2D eigenvalue weighted by atomic mass is 32.2. The van der Waals surface area contributed by atoms with Crippen molar-refractivity contribution in [2.75, 3.05) is 18.4 Å². The van der Waals surface area contributed by atoms with E-state index in [1.165, 1.54) is 23.3 Å². The Bertz CT molecular complexity index is 962. The van der Waals surface area contributed by atoms with Gasteiger partial charge in [0.2, 0.25) is 5.91 Å². The molecule has 0 radical (unpaired) electrons. The van der Waals surface area contributed by atoms with Crippen LogP contribution in [0.25, 0.3) is 0 Å². The molecule has 2 aromatic heterocycles. The highest BCUT2D eigenvalue weighted by molar-refractivity contribution is 7.89. The molecule has 0 spiro atoms. The molecule has 0 atom stereocenters. The van der Waals surface area contributed by atoms with Crippen LogP contribution in [0, 0.1) is 12.8 Å². The minimum Gasteiger partial charge on any atom is -0.337 e. The van der Waals surface area contributed by atoms with Crippen molar-refractivity contribution in [3.63, 3.8) is 0 Å². The molecule has 2 aliphatic rings. The first kappa shape index (κ1) is 20.1. The van der Waals surface area contributed by atoms with Gasteiger partial charge in [0.15, 0.2) is 5.03 Å². The zero-order valence-electron chi connectivity index (χ0n) is 16.9. The average Bonchev–Trinajstić information content (AvgIpc) is 3.44. The maximum Gasteiger partial charge on any atom is 0.262 e. The van der Waals surface area contributed by atoms with Crippen LogP contribution in [0.2, 0.25) is 0 Å². The van der Waals surface area contributed by atoms with Crippen molar-refractivity contribution in [2.24, 2.45) is 13.0 Å². The molecule has 1 N–H and O–H groups in total. The van der Waals surface area contributed by atoms with E-state index < -0.39 is 10.0 Å². The normalized spacial score (nSPS) is 19.7. The van der Waals surface area contributed by atoms with Crippen molar-refractivity contribution in [2.45, 2.75) is 56.5 Å². The van der Waals surface area contributed by atoms with Crippen LogP contribution in [0.15, 0.2) is 23.5 Å². The van der Waals surface area contributed by atoms with Crippen LogP contribution in [0.3, 0.4) is 0 Å². The molecule has 4 rings (SSSR count). The number of hydrogen-bond acceptors (Lipinski definition) is 5. The molecule has 1 saturated carbocycles. The number of rotatable bonds is 5. The second-order valence-corrected chi connectivity index (χ2v) is 9.89. The van der Waals surface area contributed by atoms with Gasteiger partial charge in [-0.3, -0.25) is 4.79 Å². The van der Waals surface area contributed by atoms with Crippen LogP contribution in [0.5, 0.6) is 0 Å². The van der Waals surface area contributed by atoms with E-state index in [4.69, 9.17) is 0 Å². The molecule has 29 heavy (non-hydrogen) atoms. The van der Waals surface area contributed by atoms with Crippen molar-refractivity contribution in [1.29, 1.82) is 0 Å². The second-order valence-electron chi connectivity index (χ2n) is 8.00. The molecule has 0 unspecified atom stereocenters. The number of sulfonamides is 1. The van der Waals surface area contributed by atoms with E-state index in [1.807, 2.05) is 10.7 Å². The summed E-state index contributed by atoms with van der Waals surface area (Å²) in [6.45, 7) is 2.40. The summed E-state index contributed by atoms with van der Waals surface area (Å²) in [5.41, 5.74) is 0. The molecule has 2 fully saturated rings. The Morgan fingerprint density at radius 3 is 2.48 bits per heavy atom. The molecule has 1 aliphatic heterocycles. The highest BCUT2D eigenvalue weighted by Gasteiger charge is 2.34. The van der Waals surface area contributed by atoms with Crippen molar-refractivity contribution in [3.8, 4) is 0 Å². The zero-order chi connectivity index (χ0) is 20.6. The number of imidazole rings is 1. The van der Waals surface area contributed by atoms with Gasteiger partial charge in [0.1, 0.15) is 11.6 Å². The molecule has 1 amide bonds. The number of aryl methyl sites for hydroxylation is 2. The lowest BCUT2D eigenvalue weighted by Crippen LogP contribution is -2.41. The summed E-state index contributed by atoms with van der Waals surface area (Å²) in [6, 6.07) is 2.19. The number of piperidine rings is 1. The number of carbonyl (C=O) groups is 1. The number of nitrogens with zero attached hydrogens (tertiary/aromatic N) is 5. The SMILES string of the molecule is Cc1nc(S(=O)(=O)N2CCC(C(=O)Nc3ccnn3C3CCCC3)CC2)cn1C. The third-order valence-electron chi connectivity index (χ3n) is 6.11. The minimum atomic E-state index is -3.62. The summed E-state index contributed by atoms with van der Waals surface area (Å²) in [6.07, 6.45) is 8.82. The van der Waals surface area contributed by atoms with Crippen LogP contribution < -0.4 is 5.32 Å². The van der Waals surface area contributed by atoms with Crippen LogP contribution in [0.4, 0.5) is 5.82 Å². The number of anilines is 1. The van der Waals surface area contributed by atoms with E-state index in [0.717, 1.165) is 18.7 Å². The predicted molar refractivity (Wildman–Crippen MR) is 108 cm³/mol. The maximum atomic E-state index is 12.8. The Labute approximate surface area is 171 Å². The topological polar surface area (TPSA) is 102 Å². The standard InChI is InChI=1S/C19H28N6O3S/c1-14-21-18(13-23(14)2)29(27,28)24-11-8-15(9-12-24)19(26)22-17-7-10-20-25(17)16-5-3-4-6-16/h7,10,13,15-16H,3-6,8-9,11-12H2,1-2H3,(H,22,26). The van der Waals surface area contributed by atoms with Crippen LogP contribution in [-0.2, 0) is 21.9 Å². The monoisotopic (exact) mass is 420 g/mol. The summed E-state index contributed by atoms with van der Waals surface area (Å²) in [7, 11) is -1.85. The van der Waals surface area contributed by atoms with E-state index in [-0.39, 0.29) is 16.9 Å². The van der Waals surface area contributed by atoms with E-state index >= 15 is 0 Å². The van der Waals surface area contributed by atoms with Gasteiger partial charge in [-0.05, 0) is 32.6 Å². The van der Waals surface area contributed by atoms with Crippen LogP contribution in [-0.4, -0.2) is 51.1 Å². The molecule has 9 nitrogen and oxygen atoms in total. The van der Waals surface area contributed by atoms with E-state index in [9.17, 15) is 13.2 Å². The van der Waals surface area contributed by atoms with Crippen LogP contribution >= 0.6 is 0 Å². The lowest BCUT2D eigenvalue weighted by atomic mass is 9.97. The Balaban J connectivity index is 1.37. The van der Waals surface area contributed by atoms with Gasteiger partial charge in [-0.15, -0.1) is 0 Å². The molecule has 10 heteroatoms. The van der Waals surface area contributed by atoms with Gasteiger partial charge < -0.3 is 9.88 Å². The Kier molecular flexibility index (Phi) is 5.48. The van der Waals surface area contributed by atoms with E-state index in [0.29, 0.717) is 37.8 Å². The lowest BCUT2D eigenvalue weighted by molar-refractivity contribution is -0.121. The Morgan fingerprint density at radius 1 is 1.17 bits per heavy atom. The maximum absolute atomic E-state index is 12.8. The Morgan fingerprint density at radius 2 is 1.86 bits per heavy atom. The van der Waals surface area contributed by atoms with Gasteiger partial charge in [0, 0.05) is 38.3 Å². The molecule has 2 aromatic rings. The lowest BCUT2D eigenvalue weighted by Gasteiger charge is -2.30. The molecule has 0 aromatic carbocycles. The summed E-state index contributed by atoms with van der Waals surface area (Å²) >= 11 is 0. The fourth-order valence-electron chi connectivity index (χ4n) is 4.22. The smallest absolute Gasteiger partial charge is 0.262 e. The average molecular weight is 421 g/mol. The number of aromatic nitrogens is 4. The summed E-state index contributed by atoms with van der Waals surface area (Å²) in [5.74, 6) is 1.12. The van der Waals surface area contributed by atoms with Gasteiger partial charge in [-0.25, -0.2) is 18.1 Å². The predicted octanol–water partition coefficient (Wildman–Crippen LogP) is 2.08. The highest BCUT2D eigenvalue weighted by Crippen LogP contribution is 2.31. The first-order valence-corrected chi connectivity index (χ1v) is 11.6. The Hall–Kier alpha value is -2.20. The molecule has 0 bridgehead atoms. The third kappa shape index (κ3) is 3.95. The fraction of sp³-hybridized carbons (Fsp3) is 0.632. The first-order chi connectivity index (χ1) is 13.9. The summed E-state index contributed by atoms with van der Waals surface area (Å²) in [5, 5.41) is 7.47. The van der Waals surface area contributed by atoms with Crippen molar-refractivity contribution in [3.05, 3.63) is 24.3 Å². The van der Waals surface area contributed by atoms with E-state index in [1.54, 1.807) is 24.7 Å². The van der Waals surface area contributed by atoms with Crippen molar-refractivity contribution < 1.29 is 13.2 Å². The van der Waals surface area contributed by atoms with Gasteiger partial charge >= 0.3 is 0 Å². The molecule has 3 heterocycles. The van der Waals surface area contributed by atoms with Crippen molar-refractivity contribution in [1.82, 2.24) is 23.6 Å². The summed E-state index contributed by atoms with van der Waals surface area (Å²) in [4.78, 5) is 16.9.